The maximum atomic E-state index is 12.3. The molecule has 2 N–H and O–H groups in total. The van der Waals surface area contributed by atoms with Crippen molar-refractivity contribution >= 4 is 16.5 Å². The molecule has 0 fully saturated rings. The van der Waals surface area contributed by atoms with Crippen molar-refractivity contribution in [3.8, 4) is 16.9 Å². The number of halogens is 3. The highest BCUT2D eigenvalue weighted by Gasteiger charge is 2.31. The Balaban J connectivity index is 2.12. The van der Waals surface area contributed by atoms with Gasteiger partial charge in [-0.3, -0.25) is 0 Å². The number of ether oxygens (including phenoxy) is 1. The van der Waals surface area contributed by atoms with Gasteiger partial charge < -0.3 is 10.5 Å². The smallest absolute Gasteiger partial charge is 0.406 e. The van der Waals surface area contributed by atoms with Crippen molar-refractivity contribution in [2.75, 3.05) is 5.73 Å². The molecule has 0 atom stereocenters. The van der Waals surface area contributed by atoms with Crippen LogP contribution in [0.4, 0.5) is 18.9 Å². The van der Waals surface area contributed by atoms with Crippen LogP contribution in [0.2, 0.25) is 0 Å². The molecule has 3 rings (SSSR count). The number of nitrogens with two attached hydrogens (primary N) is 1. The molecule has 0 bridgehead atoms. The fraction of sp³-hybridized carbons (Fsp3) is 0.0588. The van der Waals surface area contributed by atoms with Crippen molar-refractivity contribution in [3.63, 3.8) is 0 Å². The predicted octanol–water partition coefficient (Wildman–Crippen LogP) is 4.99. The average molecular weight is 303 g/mol. The molecule has 3 aromatic carbocycles. The zero-order chi connectivity index (χ0) is 15.7. The lowest BCUT2D eigenvalue weighted by Gasteiger charge is -2.12. The van der Waals surface area contributed by atoms with Crippen molar-refractivity contribution in [1.82, 2.24) is 0 Å². The van der Waals surface area contributed by atoms with Crippen molar-refractivity contribution in [1.29, 1.82) is 0 Å². The third-order valence-corrected chi connectivity index (χ3v) is 3.34. The van der Waals surface area contributed by atoms with Gasteiger partial charge in [0.15, 0.2) is 0 Å². The van der Waals surface area contributed by atoms with Gasteiger partial charge >= 0.3 is 6.36 Å². The quantitative estimate of drug-likeness (QED) is 0.677. The second-order valence-electron chi connectivity index (χ2n) is 4.82. The van der Waals surface area contributed by atoms with Crippen LogP contribution in [-0.4, -0.2) is 6.36 Å². The Labute approximate surface area is 124 Å². The summed E-state index contributed by atoms with van der Waals surface area (Å²) in [5.74, 6) is -0.245. The van der Waals surface area contributed by atoms with E-state index in [0.717, 1.165) is 16.3 Å². The third-order valence-electron chi connectivity index (χ3n) is 3.34. The van der Waals surface area contributed by atoms with Crippen molar-refractivity contribution in [3.05, 3.63) is 60.7 Å². The summed E-state index contributed by atoms with van der Waals surface area (Å²) >= 11 is 0. The highest BCUT2D eigenvalue weighted by molar-refractivity contribution is 6.02. The Morgan fingerprint density at radius 1 is 0.818 bits per heavy atom. The lowest BCUT2D eigenvalue weighted by Crippen LogP contribution is -2.17. The van der Waals surface area contributed by atoms with Gasteiger partial charge in [-0.25, -0.2) is 0 Å². The fourth-order valence-corrected chi connectivity index (χ4v) is 2.43. The van der Waals surface area contributed by atoms with E-state index in [0.29, 0.717) is 11.3 Å². The van der Waals surface area contributed by atoms with Crippen LogP contribution < -0.4 is 10.5 Å². The van der Waals surface area contributed by atoms with Crippen LogP contribution in [0.15, 0.2) is 60.7 Å². The van der Waals surface area contributed by atoms with Crippen molar-refractivity contribution in [2.45, 2.75) is 6.36 Å². The maximum Gasteiger partial charge on any atom is 0.573 e. The molecule has 0 aliphatic rings. The second-order valence-corrected chi connectivity index (χ2v) is 4.82. The van der Waals surface area contributed by atoms with Gasteiger partial charge in [-0.05, 0) is 34.7 Å². The molecule has 3 aromatic rings. The highest BCUT2D eigenvalue weighted by atomic mass is 19.4. The van der Waals surface area contributed by atoms with E-state index in [9.17, 15) is 13.2 Å². The number of hydrogen-bond donors (Lipinski definition) is 1. The lowest BCUT2D eigenvalue weighted by atomic mass is 9.97. The number of rotatable bonds is 2. The minimum Gasteiger partial charge on any atom is -0.406 e. The van der Waals surface area contributed by atoms with Gasteiger partial charge in [0, 0.05) is 11.1 Å². The van der Waals surface area contributed by atoms with Gasteiger partial charge in [-0.15, -0.1) is 13.2 Å². The summed E-state index contributed by atoms with van der Waals surface area (Å²) in [6, 6.07) is 16.9. The number of benzene rings is 3. The zero-order valence-corrected chi connectivity index (χ0v) is 11.4. The maximum absolute atomic E-state index is 12.3. The van der Waals surface area contributed by atoms with E-state index >= 15 is 0 Å². The summed E-state index contributed by atoms with van der Waals surface area (Å²) in [4.78, 5) is 0. The number of nitrogen functional groups attached to an aromatic ring is 1. The minimum atomic E-state index is -4.71. The topological polar surface area (TPSA) is 35.2 Å². The molecule has 5 heteroatoms. The monoisotopic (exact) mass is 303 g/mol. The van der Waals surface area contributed by atoms with E-state index in [1.54, 1.807) is 18.2 Å². The Morgan fingerprint density at radius 3 is 2.27 bits per heavy atom. The summed E-state index contributed by atoms with van der Waals surface area (Å²) in [7, 11) is 0. The Hall–Kier alpha value is -2.69. The van der Waals surface area contributed by atoms with Crippen LogP contribution in [0.5, 0.6) is 5.75 Å². The molecule has 0 amide bonds. The standard InChI is InChI=1S/C17H12F3NO/c18-17(19,20)22-12-5-3-4-11(10-12)13-8-9-16(21)15-7-2-1-6-14(13)15/h1-10H,21H2. The van der Waals surface area contributed by atoms with Crippen LogP contribution in [0.3, 0.4) is 0 Å². The van der Waals surface area contributed by atoms with E-state index in [4.69, 9.17) is 5.73 Å². The van der Waals surface area contributed by atoms with E-state index in [1.807, 2.05) is 24.3 Å². The van der Waals surface area contributed by atoms with Crippen LogP contribution in [0.1, 0.15) is 0 Å². The molecule has 2 nitrogen and oxygen atoms in total. The molecule has 0 aliphatic heterocycles. The Morgan fingerprint density at radius 2 is 1.55 bits per heavy atom. The van der Waals surface area contributed by atoms with Gasteiger partial charge in [-0.1, -0.05) is 42.5 Å². The molecular formula is C17H12F3NO. The fourth-order valence-electron chi connectivity index (χ4n) is 2.43. The third kappa shape index (κ3) is 2.83. The summed E-state index contributed by atoms with van der Waals surface area (Å²) in [5.41, 5.74) is 8.01. The van der Waals surface area contributed by atoms with Gasteiger partial charge in [0.1, 0.15) is 5.75 Å². The largest absolute Gasteiger partial charge is 0.573 e. The van der Waals surface area contributed by atoms with Crippen LogP contribution in [0, 0.1) is 0 Å². The predicted molar refractivity (Wildman–Crippen MR) is 80.5 cm³/mol. The number of hydrogen-bond acceptors (Lipinski definition) is 2. The first-order chi connectivity index (χ1) is 10.4. The van der Waals surface area contributed by atoms with Crippen LogP contribution >= 0.6 is 0 Å². The van der Waals surface area contributed by atoms with Crippen molar-refractivity contribution in [2.24, 2.45) is 0 Å². The first-order valence-electron chi connectivity index (χ1n) is 6.57. The van der Waals surface area contributed by atoms with Gasteiger partial charge in [0.05, 0.1) is 0 Å². The molecule has 0 heterocycles. The number of alkyl halides is 3. The molecule has 0 spiro atoms. The van der Waals surface area contributed by atoms with Gasteiger partial charge in [-0.2, -0.15) is 0 Å². The number of anilines is 1. The van der Waals surface area contributed by atoms with Gasteiger partial charge in [0.25, 0.3) is 0 Å². The molecule has 112 valence electrons. The zero-order valence-electron chi connectivity index (χ0n) is 11.4. The summed E-state index contributed by atoms with van der Waals surface area (Å²) in [6.07, 6.45) is -4.71. The molecule has 0 saturated carbocycles. The molecule has 0 unspecified atom stereocenters. The Bertz CT molecular complexity index is 827. The SMILES string of the molecule is Nc1ccc(-c2cccc(OC(F)(F)F)c2)c2ccccc12. The van der Waals surface area contributed by atoms with Crippen molar-refractivity contribution < 1.29 is 17.9 Å². The van der Waals surface area contributed by atoms with Crippen LogP contribution in [0.25, 0.3) is 21.9 Å². The summed E-state index contributed by atoms with van der Waals surface area (Å²) in [5, 5.41) is 1.74. The molecule has 22 heavy (non-hydrogen) atoms. The molecule has 0 aliphatic carbocycles. The summed E-state index contributed by atoms with van der Waals surface area (Å²) in [6.45, 7) is 0. The average Bonchev–Trinajstić information content (AvgIpc) is 2.46. The molecule has 0 aromatic heterocycles. The van der Waals surface area contributed by atoms with E-state index in [2.05, 4.69) is 4.74 Å². The Kier molecular flexibility index (Phi) is 3.41. The number of fused-ring (bicyclic) bond motifs is 1. The van der Waals surface area contributed by atoms with E-state index < -0.39 is 6.36 Å². The normalized spacial score (nSPS) is 11.6. The van der Waals surface area contributed by atoms with Gasteiger partial charge in [0.2, 0.25) is 0 Å². The summed E-state index contributed by atoms with van der Waals surface area (Å²) < 4.78 is 41.0. The first kappa shape index (κ1) is 14.3. The minimum absolute atomic E-state index is 0.245. The molecule has 0 saturated heterocycles. The van der Waals surface area contributed by atoms with E-state index in [-0.39, 0.29) is 5.75 Å². The van der Waals surface area contributed by atoms with Crippen LogP contribution in [-0.2, 0) is 0 Å². The first-order valence-corrected chi connectivity index (χ1v) is 6.57. The molecule has 0 radical (unpaired) electrons. The highest BCUT2D eigenvalue weighted by Crippen LogP contribution is 2.34. The van der Waals surface area contributed by atoms with E-state index in [1.165, 1.54) is 18.2 Å². The lowest BCUT2D eigenvalue weighted by molar-refractivity contribution is -0.274. The molecular weight excluding hydrogens is 291 g/mol. The second kappa shape index (κ2) is 5.26.